The zero-order chi connectivity index (χ0) is 11.2. The first-order valence-electron chi connectivity index (χ1n) is 5.67. The third-order valence-corrected chi connectivity index (χ3v) is 2.99. The highest BCUT2D eigenvalue weighted by molar-refractivity contribution is 6.32. The van der Waals surface area contributed by atoms with Gasteiger partial charge in [-0.15, -0.1) is 0 Å². The third-order valence-electron chi connectivity index (χ3n) is 2.72. The topological polar surface area (TPSA) is 47.0 Å². The second kappa shape index (κ2) is 6.01. The van der Waals surface area contributed by atoms with Crippen molar-refractivity contribution in [3.05, 3.63) is 17.5 Å². The summed E-state index contributed by atoms with van der Waals surface area (Å²) < 4.78 is 5.72. The quantitative estimate of drug-likeness (QED) is 0.805. The van der Waals surface area contributed by atoms with Gasteiger partial charge in [-0.25, -0.2) is 9.97 Å². The van der Waals surface area contributed by atoms with E-state index in [2.05, 4.69) is 15.3 Å². The van der Waals surface area contributed by atoms with E-state index in [9.17, 15) is 0 Å². The van der Waals surface area contributed by atoms with E-state index in [-0.39, 0.29) is 0 Å². The average Bonchev–Trinajstić information content (AvgIpc) is 2.79. The van der Waals surface area contributed by atoms with Gasteiger partial charge < -0.3 is 10.1 Å². The number of ether oxygens (including phenoxy) is 1. The summed E-state index contributed by atoms with van der Waals surface area (Å²) in [6.07, 6.45) is 8.53. The molecule has 1 aromatic rings. The lowest BCUT2D eigenvalue weighted by atomic mass is 10.3. The lowest BCUT2D eigenvalue weighted by Gasteiger charge is -2.11. The largest absolute Gasteiger partial charge is 0.376 e. The highest BCUT2D eigenvalue weighted by Gasteiger charge is 2.14. The molecular formula is C11H16ClN3O. The van der Waals surface area contributed by atoms with Gasteiger partial charge in [0.05, 0.1) is 18.9 Å². The van der Waals surface area contributed by atoms with Crippen LogP contribution in [0.3, 0.4) is 0 Å². The maximum Gasteiger partial charge on any atom is 0.148 e. The summed E-state index contributed by atoms with van der Waals surface area (Å²) in [7, 11) is 0. The van der Waals surface area contributed by atoms with E-state index >= 15 is 0 Å². The molecule has 0 radical (unpaired) electrons. The predicted molar refractivity (Wildman–Crippen MR) is 63.7 cm³/mol. The fraction of sp³-hybridized carbons (Fsp3) is 0.636. The molecule has 16 heavy (non-hydrogen) atoms. The molecule has 5 heteroatoms. The molecule has 0 bridgehead atoms. The van der Waals surface area contributed by atoms with Crippen LogP contribution >= 0.6 is 11.6 Å². The van der Waals surface area contributed by atoms with Gasteiger partial charge in [0, 0.05) is 6.54 Å². The van der Waals surface area contributed by atoms with Crippen molar-refractivity contribution in [2.75, 3.05) is 18.5 Å². The van der Waals surface area contributed by atoms with Crippen LogP contribution < -0.4 is 5.32 Å². The SMILES string of the molecule is Clc1cncnc1NCCOC1CCCC1. The molecule has 0 amide bonds. The smallest absolute Gasteiger partial charge is 0.148 e. The molecule has 1 N–H and O–H groups in total. The fourth-order valence-electron chi connectivity index (χ4n) is 1.89. The standard InChI is InChI=1S/C11H16ClN3O/c12-10-7-13-8-15-11(10)14-5-6-16-9-3-1-2-4-9/h7-9H,1-6H2,(H,13,14,15). The third kappa shape index (κ3) is 3.32. The lowest BCUT2D eigenvalue weighted by Crippen LogP contribution is -2.16. The molecule has 0 aromatic carbocycles. The summed E-state index contributed by atoms with van der Waals surface area (Å²) in [4.78, 5) is 7.86. The molecule has 4 nitrogen and oxygen atoms in total. The Balaban J connectivity index is 1.66. The predicted octanol–water partition coefficient (Wildman–Crippen LogP) is 2.50. The number of rotatable bonds is 5. The van der Waals surface area contributed by atoms with Crippen LogP contribution in [0.1, 0.15) is 25.7 Å². The molecule has 2 rings (SSSR count). The molecule has 0 saturated heterocycles. The molecule has 1 aliphatic carbocycles. The number of hydrogen-bond acceptors (Lipinski definition) is 4. The van der Waals surface area contributed by atoms with Crippen LogP contribution in [-0.4, -0.2) is 29.2 Å². The van der Waals surface area contributed by atoms with Crippen LogP contribution in [0.2, 0.25) is 5.02 Å². The van der Waals surface area contributed by atoms with Gasteiger partial charge in [0.15, 0.2) is 0 Å². The first-order valence-corrected chi connectivity index (χ1v) is 6.05. The minimum Gasteiger partial charge on any atom is -0.376 e. The Kier molecular flexibility index (Phi) is 4.36. The Hall–Kier alpha value is -0.870. The number of nitrogens with one attached hydrogen (secondary N) is 1. The molecule has 0 unspecified atom stereocenters. The van der Waals surface area contributed by atoms with Gasteiger partial charge >= 0.3 is 0 Å². The zero-order valence-electron chi connectivity index (χ0n) is 9.16. The van der Waals surface area contributed by atoms with Crippen molar-refractivity contribution < 1.29 is 4.74 Å². The van der Waals surface area contributed by atoms with E-state index in [0.717, 1.165) is 6.54 Å². The van der Waals surface area contributed by atoms with Gasteiger partial charge in [-0.1, -0.05) is 24.4 Å². The van der Waals surface area contributed by atoms with Crippen LogP contribution in [0.15, 0.2) is 12.5 Å². The van der Waals surface area contributed by atoms with Gasteiger partial charge in [-0.2, -0.15) is 0 Å². The fourth-order valence-corrected chi connectivity index (χ4v) is 2.06. The Bertz CT molecular complexity index is 329. The summed E-state index contributed by atoms with van der Waals surface area (Å²) >= 11 is 5.90. The van der Waals surface area contributed by atoms with E-state index in [0.29, 0.717) is 23.6 Å². The Morgan fingerprint density at radius 2 is 2.25 bits per heavy atom. The molecule has 0 atom stereocenters. The van der Waals surface area contributed by atoms with E-state index in [1.165, 1.54) is 32.0 Å². The minimum atomic E-state index is 0.461. The second-order valence-corrected chi connectivity index (χ2v) is 4.33. The summed E-state index contributed by atoms with van der Waals surface area (Å²) in [5.74, 6) is 0.673. The van der Waals surface area contributed by atoms with Crippen LogP contribution in [0.25, 0.3) is 0 Å². The van der Waals surface area contributed by atoms with Crippen molar-refractivity contribution in [3.8, 4) is 0 Å². The molecule has 1 aromatic heterocycles. The first-order chi connectivity index (χ1) is 7.86. The number of halogens is 1. The van der Waals surface area contributed by atoms with E-state index in [1.54, 1.807) is 6.20 Å². The van der Waals surface area contributed by atoms with Gasteiger partial charge in [0.2, 0.25) is 0 Å². The van der Waals surface area contributed by atoms with Crippen LogP contribution in [-0.2, 0) is 4.74 Å². The average molecular weight is 242 g/mol. The van der Waals surface area contributed by atoms with Gasteiger partial charge in [0.1, 0.15) is 17.2 Å². The normalized spacial score (nSPS) is 16.6. The molecule has 0 spiro atoms. The molecule has 88 valence electrons. The Morgan fingerprint density at radius 1 is 1.44 bits per heavy atom. The van der Waals surface area contributed by atoms with Crippen LogP contribution in [0.4, 0.5) is 5.82 Å². The summed E-state index contributed by atoms with van der Waals surface area (Å²) in [5.41, 5.74) is 0. The van der Waals surface area contributed by atoms with Crippen LogP contribution in [0.5, 0.6) is 0 Å². The maximum absolute atomic E-state index is 5.90. The Labute approximate surface area is 100 Å². The minimum absolute atomic E-state index is 0.461. The molecule has 1 fully saturated rings. The van der Waals surface area contributed by atoms with Crippen LogP contribution in [0, 0.1) is 0 Å². The van der Waals surface area contributed by atoms with Crippen molar-refractivity contribution in [3.63, 3.8) is 0 Å². The van der Waals surface area contributed by atoms with Gasteiger partial charge in [-0.05, 0) is 12.8 Å². The molecule has 1 saturated carbocycles. The summed E-state index contributed by atoms with van der Waals surface area (Å²) in [6.45, 7) is 1.43. The maximum atomic E-state index is 5.90. The van der Waals surface area contributed by atoms with Crippen molar-refractivity contribution in [2.45, 2.75) is 31.8 Å². The first kappa shape index (κ1) is 11.6. The van der Waals surface area contributed by atoms with Gasteiger partial charge in [-0.3, -0.25) is 0 Å². The molecular weight excluding hydrogens is 226 g/mol. The number of anilines is 1. The van der Waals surface area contributed by atoms with E-state index in [4.69, 9.17) is 16.3 Å². The summed E-state index contributed by atoms with van der Waals surface area (Å²) in [5, 5.41) is 3.67. The molecule has 0 aliphatic heterocycles. The van der Waals surface area contributed by atoms with E-state index in [1.807, 2.05) is 0 Å². The highest BCUT2D eigenvalue weighted by Crippen LogP contribution is 2.20. The number of aromatic nitrogens is 2. The van der Waals surface area contributed by atoms with E-state index < -0.39 is 0 Å². The molecule has 1 aliphatic rings. The number of nitrogens with zero attached hydrogens (tertiary/aromatic N) is 2. The van der Waals surface area contributed by atoms with Crippen molar-refractivity contribution >= 4 is 17.4 Å². The lowest BCUT2D eigenvalue weighted by molar-refractivity contribution is 0.0658. The number of hydrogen-bond donors (Lipinski definition) is 1. The van der Waals surface area contributed by atoms with Gasteiger partial charge in [0.25, 0.3) is 0 Å². The van der Waals surface area contributed by atoms with Crippen molar-refractivity contribution in [1.82, 2.24) is 9.97 Å². The zero-order valence-corrected chi connectivity index (χ0v) is 9.91. The molecule has 1 heterocycles. The second-order valence-electron chi connectivity index (χ2n) is 3.92. The van der Waals surface area contributed by atoms with Crippen molar-refractivity contribution in [2.24, 2.45) is 0 Å². The Morgan fingerprint density at radius 3 is 3.00 bits per heavy atom. The van der Waals surface area contributed by atoms with Crippen molar-refractivity contribution in [1.29, 1.82) is 0 Å². The summed E-state index contributed by atoms with van der Waals surface area (Å²) in [6, 6.07) is 0. The highest BCUT2D eigenvalue weighted by atomic mass is 35.5. The monoisotopic (exact) mass is 241 g/mol.